The molecule has 0 amide bonds. The molecule has 0 aliphatic rings. The number of hydrogen-bond donors (Lipinski definition) is 0. The third kappa shape index (κ3) is 4.47. The van der Waals surface area contributed by atoms with E-state index in [4.69, 9.17) is 9.47 Å². The summed E-state index contributed by atoms with van der Waals surface area (Å²) in [7, 11) is 0.866. The summed E-state index contributed by atoms with van der Waals surface area (Å²) in [5.74, 6) is -0.479. The molecule has 2 heterocycles. The van der Waals surface area contributed by atoms with E-state index >= 15 is 0 Å². The zero-order valence-electron chi connectivity index (χ0n) is 19.4. The smallest absolute Gasteiger partial charge is 0.361 e. The van der Waals surface area contributed by atoms with E-state index in [0.717, 1.165) is 28.0 Å². The number of aryl methyl sites for hydroxylation is 1. The van der Waals surface area contributed by atoms with Gasteiger partial charge in [0.05, 0.1) is 6.61 Å². The van der Waals surface area contributed by atoms with Crippen molar-refractivity contribution < 1.29 is 14.3 Å². The fourth-order valence-electron chi connectivity index (χ4n) is 3.77. The third-order valence-electron chi connectivity index (χ3n) is 5.52. The van der Waals surface area contributed by atoms with Crippen molar-refractivity contribution in [2.75, 3.05) is 13.2 Å². The minimum Gasteiger partial charge on any atom is -0.461 e. The topological polar surface area (TPSA) is 71.2 Å². The van der Waals surface area contributed by atoms with E-state index in [-0.39, 0.29) is 19.0 Å². The summed E-state index contributed by atoms with van der Waals surface area (Å²) in [4.78, 5) is 14.0. The van der Waals surface area contributed by atoms with Gasteiger partial charge >= 0.3 is 5.97 Å². The predicted molar refractivity (Wildman–Crippen MR) is 130 cm³/mol. The van der Waals surface area contributed by atoms with Crippen molar-refractivity contribution in [3.63, 3.8) is 0 Å². The highest BCUT2D eigenvalue weighted by molar-refractivity contribution is 6.76. The Morgan fingerprint density at radius 3 is 2.53 bits per heavy atom. The van der Waals surface area contributed by atoms with Gasteiger partial charge in [-0.2, -0.15) is 9.90 Å². The number of para-hydroxylation sites is 1. The first-order valence-electron chi connectivity index (χ1n) is 11.0. The lowest BCUT2D eigenvalue weighted by Crippen LogP contribution is -2.22. The van der Waals surface area contributed by atoms with Crippen LogP contribution in [0.15, 0.2) is 42.5 Å². The van der Waals surface area contributed by atoms with Gasteiger partial charge in [-0.15, -0.1) is 5.10 Å². The Kier molecular flexibility index (Phi) is 6.17. The van der Waals surface area contributed by atoms with Crippen molar-refractivity contribution in [2.24, 2.45) is 7.05 Å². The molecule has 0 aliphatic heterocycles. The molecule has 168 valence electrons. The molecule has 0 spiro atoms. The van der Waals surface area contributed by atoms with E-state index in [2.05, 4.69) is 58.7 Å². The van der Waals surface area contributed by atoms with Crippen molar-refractivity contribution in [1.82, 2.24) is 19.6 Å². The first kappa shape index (κ1) is 22.2. The van der Waals surface area contributed by atoms with Crippen molar-refractivity contribution in [1.29, 1.82) is 0 Å². The van der Waals surface area contributed by atoms with Crippen LogP contribution in [0.3, 0.4) is 0 Å². The fraction of sp³-hybridized carbons (Fsp3) is 0.375. The fourth-order valence-corrected chi connectivity index (χ4v) is 4.53. The molecule has 32 heavy (non-hydrogen) atoms. The summed E-state index contributed by atoms with van der Waals surface area (Å²) < 4.78 is 13.2. The molecule has 7 nitrogen and oxygen atoms in total. The molecule has 4 aromatic rings. The first-order valence-corrected chi connectivity index (χ1v) is 14.7. The van der Waals surface area contributed by atoms with Crippen LogP contribution in [0.5, 0.6) is 0 Å². The Morgan fingerprint density at radius 1 is 1.03 bits per heavy atom. The normalized spacial score (nSPS) is 12.0. The lowest BCUT2D eigenvalue weighted by atomic mass is 10.1. The zero-order valence-corrected chi connectivity index (χ0v) is 20.4. The Hall–Kier alpha value is -2.97. The second-order valence-electron chi connectivity index (χ2n) is 9.15. The van der Waals surface area contributed by atoms with Crippen LogP contribution in [0, 0.1) is 0 Å². The van der Waals surface area contributed by atoms with Crippen LogP contribution in [0.1, 0.15) is 17.4 Å². The van der Waals surface area contributed by atoms with Gasteiger partial charge in [0.2, 0.25) is 0 Å². The Balaban J connectivity index is 1.70. The van der Waals surface area contributed by atoms with Crippen molar-refractivity contribution >= 4 is 35.8 Å². The Bertz CT molecular complexity index is 1270. The van der Waals surface area contributed by atoms with Crippen molar-refractivity contribution in [3.05, 3.63) is 48.2 Å². The summed E-state index contributed by atoms with van der Waals surface area (Å²) in [6, 6.07) is 15.5. The number of hydrogen-bond acceptors (Lipinski definition) is 5. The number of nitrogens with zero attached hydrogens (tertiary/aromatic N) is 4. The van der Waals surface area contributed by atoms with Gasteiger partial charge in [-0.1, -0.05) is 50.0 Å². The molecule has 0 bridgehead atoms. The molecule has 0 aliphatic carbocycles. The molecule has 0 saturated heterocycles. The summed E-state index contributed by atoms with van der Waals surface area (Å²) in [5, 5.41) is 11.3. The SMILES string of the molecule is CCOC(=O)c1nn(COCC[Si](C)(C)C)nc1-c1ccc2c3ccccc3n(C)c2c1. The molecule has 4 rings (SSSR count). The van der Waals surface area contributed by atoms with E-state index in [1.54, 1.807) is 6.92 Å². The van der Waals surface area contributed by atoms with Gasteiger partial charge < -0.3 is 14.0 Å². The molecular formula is C24H30N4O3Si. The van der Waals surface area contributed by atoms with E-state index in [9.17, 15) is 4.79 Å². The number of aromatic nitrogens is 4. The van der Waals surface area contributed by atoms with Gasteiger partial charge in [-0.3, -0.25) is 0 Å². The average molecular weight is 451 g/mol. The van der Waals surface area contributed by atoms with Crippen LogP contribution in [0.4, 0.5) is 0 Å². The maximum absolute atomic E-state index is 12.6. The minimum absolute atomic E-state index is 0.202. The van der Waals surface area contributed by atoms with Gasteiger partial charge in [0.1, 0.15) is 5.69 Å². The molecule has 0 radical (unpaired) electrons. The number of benzene rings is 2. The van der Waals surface area contributed by atoms with E-state index in [1.807, 2.05) is 25.2 Å². The maximum Gasteiger partial charge on any atom is 0.361 e. The molecule has 0 fully saturated rings. The van der Waals surface area contributed by atoms with Crippen LogP contribution >= 0.6 is 0 Å². The molecule has 0 unspecified atom stereocenters. The number of rotatable bonds is 8. The lowest BCUT2D eigenvalue weighted by molar-refractivity contribution is 0.0507. The highest BCUT2D eigenvalue weighted by atomic mass is 28.3. The number of carbonyl (C=O) groups excluding carboxylic acids is 1. The van der Waals surface area contributed by atoms with Gasteiger partial charge in [-0.05, 0) is 25.1 Å². The van der Waals surface area contributed by atoms with E-state index in [1.165, 1.54) is 10.2 Å². The summed E-state index contributed by atoms with van der Waals surface area (Å²) in [6.45, 7) is 9.84. The first-order chi connectivity index (χ1) is 15.3. The predicted octanol–water partition coefficient (Wildman–Crippen LogP) is 5.08. The molecule has 8 heteroatoms. The van der Waals surface area contributed by atoms with Gasteiger partial charge in [0, 0.05) is 49.1 Å². The largest absolute Gasteiger partial charge is 0.461 e. The molecule has 0 N–H and O–H groups in total. The molecule has 2 aromatic heterocycles. The third-order valence-corrected chi connectivity index (χ3v) is 7.22. The molecule has 2 aromatic carbocycles. The summed E-state index contributed by atoms with van der Waals surface area (Å²) in [6.07, 6.45) is 0. The van der Waals surface area contributed by atoms with Crippen LogP contribution < -0.4 is 0 Å². The van der Waals surface area contributed by atoms with Crippen LogP contribution in [-0.2, 0) is 23.3 Å². The van der Waals surface area contributed by atoms with Crippen LogP contribution in [0.2, 0.25) is 25.7 Å². The highest BCUT2D eigenvalue weighted by Gasteiger charge is 2.22. The number of ether oxygens (including phenoxy) is 2. The van der Waals surface area contributed by atoms with Gasteiger partial charge in [-0.25, -0.2) is 4.79 Å². The van der Waals surface area contributed by atoms with Gasteiger partial charge in [0.15, 0.2) is 12.4 Å². The molecule has 0 saturated carbocycles. The van der Waals surface area contributed by atoms with Gasteiger partial charge in [0.25, 0.3) is 0 Å². The minimum atomic E-state index is -1.18. The zero-order chi connectivity index (χ0) is 22.9. The van der Waals surface area contributed by atoms with Crippen molar-refractivity contribution in [2.45, 2.75) is 39.3 Å². The monoisotopic (exact) mass is 450 g/mol. The maximum atomic E-state index is 12.6. The van der Waals surface area contributed by atoms with Crippen LogP contribution in [0.25, 0.3) is 33.1 Å². The second-order valence-corrected chi connectivity index (χ2v) is 14.8. The molecule has 0 atom stereocenters. The lowest BCUT2D eigenvalue weighted by Gasteiger charge is -2.14. The molecular weight excluding hydrogens is 420 g/mol. The quantitative estimate of drug-likeness (QED) is 0.213. The standard InChI is InChI=1S/C24H30N4O3Si/c1-6-31-24(29)23-22(25-28(26-23)16-30-13-14-32(3,4)5)17-11-12-19-18-9-7-8-10-20(18)27(2)21(19)15-17/h7-12,15H,6,13-14,16H2,1-5H3. The average Bonchev–Trinajstić information content (AvgIpc) is 3.31. The number of fused-ring (bicyclic) bond motifs is 3. The van der Waals surface area contributed by atoms with Crippen molar-refractivity contribution in [3.8, 4) is 11.3 Å². The second kappa shape index (κ2) is 8.88. The van der Waals surface area contributed by atoms with E-state index < -0.39 is 14.0 Å². The number of carbonyl (C=O) groups is 1. The highest BCUT2D eigenvalue weighted by Crippen LogP contribution is 2.32. The summed E-state index contributed by atoms with van der Waals surface area (Å²) in [5.41, 5.74) is 3.76. The summed E-state index contributed by atoms with van der Waals surface area (Å²) >= 11 is 0. The Labute approximate surface area is 188 Å². The van der Waals surface area contributed by atoms with Crippen LogP contribution in [-0.4, -0.2) is 46.8 Å². The van der Waals surface area contributed by atoms with E-state index in [0.29, 0.717) is 12.3 Å². The number of esters is 1. The Morgan fingerprint density at radius 2 is 1.78 bits per heavy atom.